The van der Waals surface area contributed by atoms with E-state index in [0.717, 1.165) is 6.07 Å². The van der Waals surface area contributed by atoms with Crippen LogP contribution in [0.15, 0.2) is 41.3 Å². The Labute approximate surface area is 195 Å². The molecule has 0 aromatic heterocycles. The van der Waals surface area contributed by atoms with Crippen molar-refractivity contribution >= 4 is 39.1 Å². The van der Waals surface area contributed by atoms with E-state index < -0.39 is 33.1 Å². The maximum Gasteiger partial charge on any atom is 0.241 e. The molecule has 2 aromatic rings. The molecule has 2 aromatic carbocycles. The van der Waals surface area contributed by atoms with Crippen molar-refractivity contribution < 1.29 is 26.8 Å². The van der Waals surface area contributed by atoms with Crippen molar-refractivity contribution in [2.75, 3.05) is 18.4 Å². The van der Waals surface area contributed by atoms with E-state index in [1.54, 1.807) is 0 Å². The first-order chi connectivity index (χ1) is 15.5. The summed E-state index contributed by atoms with van der Waals surface area (Å²) in [4.78, 5) is 24.1. The number of nitrogens with one attached hydrogen (secondary N) is 4. The molecule has 1 saturated heterocycles. The molecule has 3 rings (SSSR count). The summed E-state index contributed by atoms with van der Waals surface area (Å²) in [5.74, 6) is -2.55. The third-order valence-electron chi connectivity index (χ3n) is 5.24. The van der Waals surface area contributed by atoms with Gasteiger partial charge in [-0.3, -0.25) is 9.59 Å². The van der Waals surface area contributed by atoms with Crippen LogP contribution in [0.3, 0.4) is 0 Å². The molecule has 8 nitrogen and oxygen atoms in total. The van der Waals surface area contributed by atoms with Crippen molar-refractivity contribution in [3.05, 3.63) is 58.6 Å². The number of carbonyl (C=O) groups is 2. The maximum absolute atomic E-state index is 13.9. The highest BCUT2D eigenvalue weighted by molar-refractivity contribution is 7.89. The van der Waals surface area contributed by atoms with Crippen LogP contribution >= 0.6 is 11.6 Å². The van der Waals surface area contributed by atoms with Gasteiger partial charge in [0.25, 0.3) is 0 Å². The first-order valence-corrected chi connectivity index (χ1v) is 11.9. The van der Waals surface area contributed by atoms with Gasteiger partial charge >= 0.3 is 0 Å². The fourth-order valence-electron chi connectivity index (χ4n) is 3.51. The third-order valence-corrected chi connectivity index (χ3v) is 7.08. The minimum Gasteiger partial charge on any atom is -0.350 e. The number of benzene rings is 2. The molecule has 0 atom stereocenters. The average molecular weight is 501 g/mol. The smallest absolute Gasteiger partial charge is 0.241 e. The fourth-order valence-corrected chi connectivity index (χ4v) is 5.25. The Bertz CT molecular complexity index is 1170. The Kier molecular flexibility index (Phi) is 7.68. The molecule has 4 N–H and O–H groups in total. The number of halogens is 3. The minimum absolute atomic E-state index is 0.0173. The molecule has 0 unspecified atom stereocenters. The highest BCUT2D eigenvalue weighted by Crippen LogP contribution is 2.28. The number of piperidine rings is 1. The number of carbonyl (C=O) groups excluding carboxylic acids is 2. The second kappa shape index (κ2) is 10.1. The van der Waals surface area contributed by atoms with Crippen molar-refractivity contribution in [2.24, 2.45) is 0 Å². The average Bonchev–Trinajstić information content (AvgIpc) is 2.74. The first kappa shape index (κ1) is 25.0. The summed E-state index contributed by atoms with van der Waals surface area (Å²) >= 11 is 6.10. The molecular formula is C21H23ClF2N4O4S. The van der Waals surface area contributed by atoms with Crippen LogP contribution in [0.4, 0.5) is 14.5 Å². The van der Waals surface area contributed by atoms with E-state index in [4.69, 9.17) is 11.6 Å². The minimum atomic E-state index is -4.19. The zero-order valence-electron chi connectivity index (χ0n) is 17.7. The lowest BCUT2D eigenvalue weighted by Gasteiger charge is -2.36. The molecule has 12 heteroatoms. The molecule has 0 aliphatic carbocycles. The van der Waals surface area contributed by atoms with Crippen LogP contribution in [-0.4, -0.2) is 38.9 Å². The normalized spacial score (nSPS) is 15.6. The van der Waals surface area contributed by atoms with Crippen LogP contribution in [0.5, 0.6) is 0 Å². The topological polar surface area (TPSA) is 116 Å². The van der Waals surface area contributed by atoms with E-state index in [1.165, 1.54) is 31.2 Å². The van der Waals surface area contributed by atoms with Crippen LogP contribution in [0.1, 0.15) is 25.3 Å². The van der Waals surface area contributed by atoms with E-state index in [-0.39, 0.29) is 46.5 Å². The second-order valence-corrected chi connectivity index (χ2v) is 9.77. The standard InChI is InChI=1S/C21H23ClF2N4O4S/c1-13(29)27-19-5-4-16(11-17(19)22)33(31,32)28-21(6-8-25-9-7-21)20(30)26-12-14-2-3-15(23)10-18(14)24/h2-5,10-11,25,28H,6-9,12H2,1H3,(H,26,30)(H,27,29). The van der Waals surface area contributed by atoms with Gasteiger partial charge in [-0.1, -0.05) is 17.7 Å². The molecule has 0 bridgehead atoms. The number of hydrogen-bond acceptors (Lipinski definition) is 5. The highest BCUT2D eigenvalue weighted by Gasteiger charge is 2.43. The van der Waals surface area contributed by atoms with Crippen molar-refractivity contribution in [3.63, 3.8) is 0 Å². The Morgan fingerprint density at radius 3 is 2.42 bits per heavy atom. The molecule has 178 valence electrons. The number of anilines is 1. The molecule has 1 fully saturated rings. The fraction of sp³-hybridized carbons (Fsp3) is 0.333. The largest absolute Gasteiger partial charge is 0.350 e. The lowest BCUT2D eigenvalue weighted by Crippen LogP contribution is -2.62. The summed E-state index contributed by atoms with van der Waals surface area (Å²) in [6.07, 6.45) is 0.309. The highest BCUT2D eigenvalue weighted by atomic mass is 35.5. The van der Waals surface area contributed by atoms with Gasteiger partial charge in [-0.05, 0) is 50.2 Å². The molecule has 1 heterocycles. The summed E-state index contributed by atoms with van der Waals surface area (Å²) in [6.45, 7) is 1.81. The maximum atomic E-state index is 13.9. The van der Waals surface area contributed by atoms with Gasteiger partial charge in [0.1, 0.15) is 17.2 Å². The summed E-state index contributed by atoms with van der Waals surface area (Å²) in [6, 6.07) is 6.78. The van der Waals surface area contributed by atoms with Crippen LogP contribution in [0, 0.1) is 11.6 Å². The van der Waals surface area contributed by atoms with Gasteiger partial charge in [0.15, 0.2) is 0 Å². The van der Waals surface area contributed by atoms with E-state index in [9.17, 15) is 26.8 Å². The Morgan fingerprint density at radius 1 is 1.12 bits per heavy atom. The molecular weight excluding hydrogens is 478 g/mol. The number of sulfonamides is 1. The molecule has 2 amide bonds. The van der Waals surface area contributed by atoms with Gasteiger partial charge in [0, 0.05) is 25.1 Å². The van der Waals surface area contributed by atoms with Crippen molar-refractivity contribution in [1.82, 2.24) is 15.4 Å². The van der Waals surface area contributed by atoms with Crippen LogP contribution in [0.2, 0.25) is 5.02 Å². The Hall–Kier alpha value is -2.60. The SMILES string of the molecule is CC(=O)Nc1ccc(S(=O)(=O)NC2(C(=O)NCc3ccc(F)cc3F)CCNCC2)cc1Cl. The molecule has 0 radical (unpaired) electrons. The van der Waals surface area contributed by atoms with Gasteiger partial charge in [0.05, 0.1) is 15.6 Å². The van der Waals surface area contributed by atoms with Gasteiger partial charge < -0.3 is 16.0 Å². The number of rotatable bonds is 7. The van der Waals surface area contributed by atoms with Crippen LogP contribution < -0.4 is 20.7 Å². The zero-order valence-corrected chi connectivity index (χ0v) is 19.2. The molecule has 33 heavy (non-hydrogen) atoms. The lowest BCUT2D eigenvalue weighted by atomic mass is 9.88. The van der Waals surface area contributed by atoms with Crippen LogP contribution in [-0.2, 0) is 26.2 Å². The Morgan fingerprint density at radius 2 is 1.82 bits per heavy atom. The summed E-state index contributed by atoms with van der Waals surface area (Å²) in [5.41, 5.74) is -1.17. The quantitative estimate of drug-likeness (QED) is 0.465. The monoisotopic (exact) mass is 500 g/mol. The van der Waals surface area contributed by atoms with Gasteiger partial charge in [-0.25, -0.2) is 17.2 Å². The second-order valence-electron chi connectivity index (χ2n) is 7.68. The van der Waals surface area contributed by atoms with Crippen molar-refractivity contribution in [2.45, 2.75) is 36.7 Å². The molecule has 1 aliphatic rings. The number of amides is 2. The van der Waals surface area contributed by atoms with Gasteiger partial charge in [-0.2, -0.15) is 4.72 Å². The summed E-state index contributed by atoms with van der Waals surface area (Å²) in [7, 11) is -4.19. The van der Waals surface area contributed by atoms with Crippen LogP contribution in [0.25, 0.3) is 0 Å². The van der Waals surface area contributed by atoms with E-state index >= 15 is 0 Å². The van der Waals surface area contributed by atoms with Gasteiger partial charge in [0.2, 0.25) is 21.8 Å². The van der Waals surface area contributed by atoms with E-state index in [0.29, 0.717) is 19.2 Å². The summed E-state index contributed by atoms with van der Waals surface area (Å²) < 4.78 is 55.7. The zero-order chi connectivity index (χ0) is 24.2. The molecule has 0 saturated carbocycles. The summed E-state index contributed by atoms with van der Waals surface area (Å²) in [5, 5.41) is 8.13. The first-order valence-electron chi connectivity index (χ1n) is 10.1. The number of hydrogen-bond donors (Lipinski definition) is 4. The molecule has 0 spiro atoms. The molecule has 1 aliphatic heterocycles. The van der Waals surface area contributed by atoms with Gasteiger partial charge in [-0.15, -0.1) is 0 Å². The predicted molar refractivity (Wildman–Crippen MR) is 119 cm³/mol. The van der Waals surface area contributed by atoms with E-state index in [1.807, 2.05) is 0 Å². The van der Waals surface area contributed by atoms with Crippen molar-refractivity contribution in [3.8, 4) is 0 Å². The van der Waals surface area contributed by atoms with Crippen molar-refractivity contribution in [1.29, 1.82) is 0 Å². The predicted octanol–water partition coefficient (Wildman–Crippen LogP) is 2.29. The Balaban J connectivity index is 1.82. The third kappa shape index (κ3) is 6.05. The lowest BCUT2D eigenvalue weighted by molar-refractivity contribution is -0.128. The van der Waals surface area contributed by atoms with E-state index in [2.05, 4.69) is 20.7 Å².